The van der Waals surface area contributed by atoms with Crippen LogP contribution < -0.4 is 4.74 Å². The number of nitrogens with zero attached hydrogens (tertiary/aromatic N) is 2. The molecule has 0 aliphatic heterocycles. The van der Waals surface area contributed by atoms with E-state index < -0.39 is 11.4 Å². The molecule has 6 heteroatoms. The molecule has 0 amide bonds. The van der Waals surface area contributed by atoms with Crippen LogP contribution in [0.2, 0.25) is 5.02 Å². The van der Waals surface area contributed by atoms with Gasteiger partial charge >= 0.3 is 0 Å². The van der Waals surface area contributed by atoms with E-state index in [9.17, 15) is 9.50 Å². The van der Waals surface area contributed by atoms with Crippen LogP contribution in [0.1, 0.15) is 19.5 Å². The summed E-state index contributed by atoms with van der Waals surface area (Å²) in [5.74, 6) is -0.141. The second-order valence-electron chi connectivity index (χ2n) is 5.13. The lowest BCUT2D eigenvalue weighted by molar-refractivity contribution is 0.149. The zero-order valence-electron chi connectivity index (χ0n) is 11.5. The van der Waals surface area contributed by atoms with Gasteiger partial charge in [-0.2, -0.15) is 5.10 Å². The second-order valence-corrected chi connectivity index (χ2v) is 5.54. The van der Waals surface area contributed by atoms with Crippen LogP contribution in [0.3, 0.4) is 0 Å². The summed E-state index contributed by atoms with van der Waals surface area (Å²) in [6, 6.07) is 4.56. The van der Waals surface area contributed by atoms with E-state index >= 15 is 0 Å². The van der Waals surface area contributed by atoms with E-state index in [1.165, 1.54) is 18.3 Å². The average Bonchev–Trinajstić information content (AvgIpc) is 2.77. The molecule has 0 unspecified atom stereocenters. The van der Waals surface area contributed by atoms with Gasteiger partial charge in [0.2, 0.25) is 0 Å². The fraction of sp³-hybridized carbons (Fsp3) is 0.357. The van der Waals surface area contributed by atoms with Crippen molar-refractivity contribution in [2.24, 2.45) is 0 Å². The smallest absolute Gasteiger partial charge is 0.184 e. The number of ether oxygens (including phenoxy) is 1. The Balaban J connectivity index is 2.34. The first-order chi connectivity index (χ1) is 9.36. The number of benzene rings is 1. The summed E-state index contributed by atoms with van der Waals surface area (Å²) in [6.07, 6.45) is 1.49. The number of aliphatic hydroxyl groups is 1. The lowest BCUT2D eigenvalue weighted by atomic mass is 10.1. The Bertz CT molecular complexity index is 626. The fourth-order valence-corrected chi connectivity index (χ4v) is 2.02. The molecule has 1 aromatic heterocycles. The monoisotopic (exact) mass is 298 g/mol. The molecule has 108 valence electrons. The van der Waals surface area contributed by atoms with E-state index in [1.54, 1.807) is 17.7 Å². The number of rotatable bonds is 4. The largest absolute Gasteiger partial charge is 0.451 e. The predicted octanol–water partition coefficient (Wildman–Crippen LogP) is 3.50. The summed E-state index contributed by atoms with van der Waals surface area (Å²) in [4.78, 5) is 0. The van der Waals surface area contributed by atoms with Gasteiger partial charge in [0.25, 0.3) is 0 Å². The normalized spacial score (nSPS) is 11.7. The van der Waals surface area contributed by atoms with Crippen LogP contribution in [0.15, 0.2) is 24.4 Å². The highest BCUT2D eigenvalue weighted by Crippen LogP contribution is 2.31. The zero-order chi connectivity index (χ0) is 14.9. The summed E-state index contributed by atoms with van der Waals surface area (Å²) in [7, 11) is 0. The van der Waals surface area contributed by atoms with Crippen LogP contribution in [0.5, 0.6) is 11.5 Å². The van der Waals surface area contributed by atoms with Gasteiger partial charge in [0.05, 0.1) is 29.1 Å². The third kappa shape index (κ3) is 2.64. The zero-order valence-corrected chi connectivity index (χ0v) is 12.3. The lowest BCUT2D eigenvalue weighted by Crippen LogP contribution is -2.32. The minimum atomic E-state index is -0.609. The van der Waals surface area contributed by atoms with Gasteiger partial charge in [0.15, 0.2) is 17.3 Å². The van der Waals surface area contributed by atoms with Crippen LogP contribution in [-0.2, 0) is 5.54 Å². The van der Waals surface area contributed by atoms with Crippen molar-refractivity contribution in [1.82, 2.24) is 9.78 Å². The van der Waals surface area contributed by atoms with Gasteiger partial charge in [-0.15, -0.1) is 0 Å². The van der Waals surface area contributed by atoms with Crippen molar-refractivity contribution in [2.45, 2.75) is 26.3 Å². The summed E-state index contributed by atoms with van der Waals surface area (Å²) < 4.78 is 21.0. The van der Waals surface area contributed by atoms with Crippen LogP contribution in [0.25, 0.3) is 0 Å². The number of halogens is 2. The molecule has 0 aliphatic rings. The molecule has 0 spiro atoms. The third-order valence-electron chi connectivity index (χ3n) is 3.06. The molecule has 0 radical (unpaired) electrons. The molecule has 4 nitrogen and oxygen atoms in total. The van der Waals surface area contributed by atoms with Gasteiger partial charge < -0.3 is 9.84 Å². The van der Waals surface area contributed by atoms with Gasteiger partial charge in [-0.1, -0.05) is 17.7 Å². The molecule has 0 saturated carbocycles. The maximum atomic E-state index is 13.8. The van der Waals surface area contributed by atoms with E-state index in [2.05, 4.69) is 5.10 Å². The molecule has 0 bridgehead atoms. The molecule has 0 aliphatic carbocycles. The van der Waals surface area contributed by atoms with Crippen LogP contribution in [-0.4, -0.2) is 21.5 Å². The predicted molar refractivity (Wildman–Crippen MR) is 74.9 cm³/mol. The second kappa shape index (κ2) is 5.42. The van der Waals surface area contributed by atoms with Crippen LogP contribution in [0, 0.1) is 12.7 Å². The lowest BCUT2D eigenvalue weighted by Gasteiger charge is -2.24. The van der Waals surface area contributed by atoms with Crippen molar-refractivity contribution in [1.29, 1.82) is 0 Å². The highest BCUT2D eigenvalue weighted by atomic mass is 35.5. The van der Waals surface area contributed by atoms with Crippen molar-refractivity contribution >= 4 is 11.6 Å². The molecule has 2 rings (SSSR count). The van der Waals surface area contributed by atoms with Crippen molar-refractivity contribution < 1.29 is 14.2 Å². The molecule has 1 N–H and O–H groups in total. The molecule has 2 aromatic rings. The Morgan fingerprint density at radius 3 is 2.75 bits per heavy atom. The Hall–Kier alpha value is -1.59. The van der Waals surface area contributed by atoms with Gasteiger partial charge in [-0.25, -0.2) is 4.39 Å². The Morgan fingerprint density at radius 2 is 2.10 bits per heavy atom. The van der Waals surface area contributed by atoms with Crippen LogP contribution >= 0.6 is 11.6 Å². The minimum Gasteiger partial charge on any atom is -0.451 e. The van der Waals surface area contributed by atoms with E-state index in [0.29, 0.717) is 11.4 Å². The number of hydrogen-bond acceptors (Lipinski definition) is 3. The minimum absolute atomic E-state index is 0.00299. The van der Waals surface area contributed by atoms with E-state index in [-0.39, 0.29) is 17.4 Å². The molecule has 0 saturated heterocycles. The van der Waals surface area contributed by atoms with E-state index in [4.69, 9.17) is 16.3 Å². The van der Waals surface area contributed by atoms with Gasteiger partial charge in [-0.05, 0) is 32.9 Å². The fourth-order valence-electron chi connectivity index (χ4n) is 1.85. The molecule has 0 fully saturated rings. The third-order valence-corrected chi connectivity index (χ3v) is 3.35. The molecule has 0 atom stereocenters. The van der Waals surface area contributed by atoms with Gasteiger partial charge in [-0.3, -0.25) is 4.68 Å². The quantitative estimate of drug-likeness (QED) is 0.939. The standard InChI is InChI=1S/C14H16ClFN2O2/c1-9-12(7-17-18(9)14(2,3)8-19)20-11-6-4-5-10(15)13(11)16/h4-7,19H,8H2,1-3H3. The Kier molecular flexibility index (Phi) is 4.01. The molecule has 20 heavy (non-hydrogen) atoms. The first kappa shape index (κ1) is 14.8. The number of hydrogen-bond donors (Lipinski definition) is 1. The van der Waals surface area contributed by atoms with Crippen LogP contribution in [0.4, 0.5) is 4.39 Å². The van der Waals surface area contributed by atoms with Crippen molar-refractivity contribution in [2.75, 3.05) is 6.61 Å². The topological polar surface area (TPSA) is 47.3 Å². The van der Waals surface area contributed by atoms with Crippen molar-refractivity contribution in [3.8, 4) is 11.5 Å². The van der Waals surface area contributed by atoms with Crippen molar-refractivity contribution in [3.63, 3.8) is 0 Å². The van der Waals surface area contributed by atoms with Crippen molar-refractivity contribution in [3.05, 3.63) is 40.9 Å². The summed E-state index contributed by atoms with van der Waals surface area (Å²) >= 11 is 5.71. The van der Waals surface area contributed by atoms with Gasteiger partial charge in [0.1, 0.15) is 0 Å². The maximum absolute atomic E-state index is 13.8. The Labute approximate surface area is 121 Å². The Morgan fingerprint density at radius 1 is 1.40 bits per heavy atom. The summed E-state index contributed by atoms with van der Waals surface area (Å²) in [5, 5.41) is 13.6. The summed E-state index contributed by atoms with van der Waals surface area (Å²) in [6.45, 7) is 5.41. The SMILES string of the molecule is Cc1c(Oc2cccc(Cl)c2F)cnn1C(C)(C)CO. The first-order valence-electron chi connectivity index (χ1n) is 6.14. The molecule has 1 aromatic carbocycles. The summed E-state index contributed by atoms with van der Waals surface area (Å²) in [5.41, 5.74) is 0.141. The molecular formula is C14H16ClFN2O2. The highest BCUT2D eigenvalue weighted by molar-refractivity contribution is 6.30. The highest BCUT2D eigenvalue weighted by Gasteiger charge is 2.24. The first-order valence-corrected chi connectivity index (χ1v) is 6.52. The number of aromatic nitrogens is 2. The molecule has 1 heterocycles. The van der Waals surface area contributed by atoms with E-state index in [0.717, 1.165) is 0 Å². The van der Waals surface area contributed by atoms with E-state index in [1.807, 2.05) is 13.8 Å². The molecular weight excluding hydrogens is 283 g/mol. The van der Waals surface area contributed by atoms with Gasteiger partial charge in [0, 0.05) is 0 Å². The number of aliphatic hydroxyl groups excluding tert-OH is 1. The average molecular weight is 299 g/mol. The maximum Gasteiger partial charge on any atom is 0.184 e.